The second-order valence-electron chi connectivity index (χ2n) is 12.6. The highest BCUT2D eigenvalue weighted by molar-refractivity contribution is 7.25. The van der Waals surface area contributed by atoms with Crippen LogP contribution in [0.5, 0.6) is 0 Å². The Morgan fingerprint density at radius 1 is 0.360 bits per heavy atom. The molecule has 0 aliphatic heterocycles. The molecule has 0 N–H and O–H groups in total. The number of aromatic nitrogens is 3. The third kappa shape index (κ3) is 4.80. The molecular formula is C46H29N3S. The fourth-order valence-electron chi connectivity index (χ4n) is 7.21. The maximum atomic E-state index is 5.28. The van der Waals surface area contributed by atoms with E-state index in [0.717, 1.165) is 44.8 Å². The summed E-state index contributed by atoms with van der Waals surface area (Å²) >= 11 is 1.83. The minimum Gasteiger partial charge on any atom is -0.309 e. The van der Waals surface area contributed by atoms with Gasteiger partial charge in [0.25, 0.3) is 0 Å². The van der Waals surface area contributed by atoms with Crippen molar-refractivity contribution in [2.24, 2.45) is 0 Å². The molecule has 0 aliphatic rings. The number of benzene rings is 7. The summed E-state index contributed by atoms with van der Waals surface area (Å²) in [5.41, 5.74) is 10.7. The summed E-state index contributed by atoms with van der Waals surface area (Å²) in [6.45, 7) is 0. The molecule has 10 aromatic rings. The lowest BCUT2D eigenvalue weighted by Gasteiger charge is -2.11. The monoisotopic (exact) mass is 655 g/mol. The van der Waals surface area contributed by atoms with Crippen LogP contribution < -0.4 is 0 Å². The molecule has 0 unspecified atom stereocenters. The fourth-order valence-corrected chi connectivity index (χ4v) is 8.36. The summed E-state index contributed by atoms with van der Waals surface area (Å²) in [5, 5.41) is 4.95. The number of para-hydroxylation sites is 2. The Kier molecular flexibility index (Phi) is 6.68. The van der Waals surface area contributed by atoms with Gasteiger partial charge in [-0.05, 0) is 71.8 Å². The Labute approximate surface area is 293 Å². The number of nitrogens with zero attached hydrogens (tertiary/aromatic N) is 3. The molecular weight excluding hydrogens is 627 g/mol. The van der Waals surface area contributed by atoms with E-state index in [0.29, 0.717) is 5.82 Å². The van der Waals surface area contributed by atoms with Crippen LogP contribution in [0.25, 0.3) is 92.7 Å². The van der Waals surface area contributed by atoms with Crippen LogP contribution in [0, 0.1) is 0 Å². The van der Waals surface area contributed by atoms with Crippen molar-refractivity contribution >= 4 is 53.3 Å². The van der Waals surface area contributed by atoms with E-state index >= 15 is 0 Å². The van der Waals surface area contributed by atoms with E-state index in [1.165, 1.54) is 42.0 Å². The zero-order chi connectivity index (χ0) is 33.0. The predicted molar refractivity (Wildman–Crippen MR) is 211 cm³/mol. The molecule has 0 aliphatic carbocycles. The molecule has 234 valence electrons. The Balaban J connectivity index is 1.18. The van der Waals surface area contributed by atoms with Crippen LogP contribution in [-0.4, -0.2) is 14.5 Å². The molecule has 3 nitrogen and oxygen atoms in total. The van der Waals surface area contributed by atoms with Gasteiger partial charge in [-0.3, -0.25) is 0 Å². The average Bonchev–Trinajstić information content (AvgIpc) is 3.73. The van der Waals surface area contributed by atoms with Crippen LogP contribution in [0.2, 0.25) is 0 Å². The quantitative estimate of drug-likeness (QED) is 0.185. The van der Waals surface area contributed by atoms with Crippen LogP contribution in [0.3, 0.4) is 0 Å². The van der Waals surface area contributed by atoms with Gasteiger partial charge in [-0.15, -0.1) is 11.3 Å². The van der Waals surface area contributed by atoms with Gasteiger partial charge in [-0.1, -0.05) is 115 Å². The fraction of sp³-hybridized carbons (Fsp3) is 0. The first-order valence-electron chi connectivity index (χ1n) is 16.8. The lowest BCUT2D eigenvalue weighted by Crippen LogP contribution is -1.96. The van der Waals surface area contributed by atoms with Crippen molar-refractivity contribution in [2.45, 2.75) is 0 Å². The van der Waals surface area contributed by atoms with Crippen molar-refractivity contribution in [3.05, 3.63) is 176 Å². The van der Waals surface area contributed by atoms with Crippen molar-refractivity contribution in [1.82, 2.24) is 14.5 Å². The molecule has 0 fully saturated rings. The lowest BCUT2D eigenvalue weighted by molar-refractivity contribution is 1.17. The largest absolute Gasteiger partial charge is 0.309 e. The van der Waals surface area contributed by atoms with Crippen molar-refractivity contribution in [3.8, 4) is 50.7 Å². The number of hydrogen-bond donors (Lipinski definition) is 0. The summed E-state index contributed by atoms with van der Waals surface area (Å²) in [7, 11) is 0. The second-order valence-corrected chi connectivity index (χ2v) is 13.7. The second kappa shape index (κ2) is 11.7. The molecule has 10 rings (SSSR count). The van der Waals surface area contributed by atoms with E-state index in [2.05, 4.69) is 180 Å². The summed E-state index contributed by atoms with van der Waals surface area (Å²) in [5.74, 6) is 0.706. The molecule has 0 saturated carbocycles. The molecule has 0 radical (unpaired) electrons. The first kappa shape index (κ1) is 28.6. The highest BCUT2D eigenvalue weighted by atomic mass is 32.1. The van der Waals surface area contributed by atoms with Gasteiger partial charge in [0.05, 0.1) is 22.4 Å². The lowest BCUT2D eigenvalue weighted by atomic mass is 10.0. The van der Waals surface area contributed by atoms with Crippen LogP contribution >= 0.6 is 11.3 Å². The predicted octanol–water partition coefficient (Wildman–Crippen LogP) is 12.6. The van der Waals surface area contributed by atoms with Crippen LogP contribution in [0.15, 0.2) is 176 Å². The van der Waals surface area contributed by atoms with Crippen LogP contribution in [-0.2, 0) is 0 Å². The van der Waals surface area contributed by atoms with Crippen molar-refractivity contribution in [2.75, 3.05) is 0 Å². The van der Waals surface area contributed by atoms with Gasteiger partial charge >= 0.3 is 0 Å². The van der Waals surface area contributed by atoms with Crippen molar-refractivity contribution in [3.63, 3.8) is 0 Å². The molecule has 0 spiro atoms. The third-order valence-electron chi connectivity index (χ3n) is 9.61. The summed E-state index contributed by atoms with van der Waals surface area (Å²) < 4.78 is 4.89. The normalized spacial score (nSPS) is 11.6. The van der Waals surface area contributed by atoms with Gasteiger partial charge in [0, 0.05) is 53.3 Å². The van der Waals surface area contributed by atoms with Crippen molar-refractivity contribution in [1.29, 1.82) is 0 Å². The Bertz CT molecular complexity index is 2870. The third-order valence-corrected chi connectivity index (χ3v) is 10.7. The van der Waals surface area contributed by atoms with Gasteiger partial charge in [0.1, 0.15) is 0 Å². The van der Waals surface area contributed by atoms with E-state index in [1.54, 1.807) is 0 Å². The summed E-state index contributed by atoms with van der Waals surface area (Å²) in [4.78, 5) is 10.5. The first-order chi connectivity index (χ1) is 24.8. The Hall–Kier alpha value is -6.36. The van der Waals surface area contributed by atoms with E-state index in [1.807, 2.05) is 11.3 Å². The summed E-state index contributed by atoms with van der Waals surface area (Å²) in [6, 6.07) is 62.5. The van der Waals surface area contributed by atoms with Gasteiger partial charge in [0.15, 0.2) is 5.82 Å². The zero-order valence-corrected chi connectivity index (χ0v) is 27.8. The molecule has 0 atom stereocenters. The van der Waals surface area contributed by atoms with Gasteiger partial charge in [-0.2, -0.15) is 0 Å². The first-order valence-corrected chi connectivity index (χ1v) is 17.6. The average molecular weight is 656 g/mol. The molecule has 0 amide bonds. The molecule has 4 heteroatoms. The van der Waals surface area contributed by atoms with Gasteiger partial charge in [0.2, 0.25) is 0 Å². The highest BCUT2D eigenvalue weighted by Gasteiger charge is 2.17. The standard InChI is InChI=1S/C46H29N3S/c1-3-12-30(13-4-1)31-14-11-15-32(26-31)40-29-41(33-22-24-38-37-19-8-10-21-44(37)50-45(38)28-33)48-46(47-40)34-23-25-43-39(27-34)36-18-7-9-20-42(36)49(43)35-16-5-2-6-17-35/h1-29H. The minimum atomic E-state index is 0.706. The molecule has 3 heterocycles. The molecule has 7 aromatic carbocycles. The molecule has 0 bridgehead atoms. The molecule has 50 heavy (non-hydrogen) atoms. The van der Waals surface area contributed by atoms with Crippen molar-refractivity contribution < 1.29 is 0 Å². The number of hydrogen-bond acceptors (Lipinski definition) is 3. The van der Waals surface area contributed by atoms with Crippen LogP contribution in [0.1, 0.15) is 0 Å². The van der Waals surface area contributed by atoms with Gasteiger partial charge < -0.3 is 4.57 Å². The summed E-state index contributed by atoms with van der Waals surface area (Å²) in [6.07, 6.45) is 0. The topological polar surface area (TPSA) is 30.7 Å². The van der Waals surface area contributed by atoms with E-state index in [-0.39, 0.29) is 0 Å². The Morgan fingerprint density at radius 2 is 0.980 bits per heavy atom. The SMILES string of the molecule is c1ccc(-c2cccc(-c3cc(-c4ccc5c(c4)sc4ccccc45)nc(-c4ccc5c(c4)c4ccccc4n5-c4ccccc4)n3)c2)cc1. The molecule has 3 aromatic heterocycles. The van der Waals surface area contributed by atoms with Gasteiger partial charge in [-0.25, -0.2) is 9.97 Å². The zero-order valence-electron chi connectivity index (χ0n) is 27.0. The maximum Gasteiger partial charge on any atom is 0.160 e. The van der Waals surface area contributed by atoms with E-state index in [4.69, 9.17) is 9.97 Å². The van der Waals surface area contributed by atoms with E-state index in [9.17, 15) is 0 Å². The number of thiophene rings is 1. The number of fused-ring (bicyclic) bond motifs is 6. The maximum absolute atomic E-state index is 5.28. The minimum absolute atomic E-state index is 0.706. The highest BCUT2D eigenvalue weighted by Crippen LogP contribution is 2.38. The Morgan fingerprint density at radius 3 is 1.82 bits per heavy atom. The molecule has 0 saturated heterocycles. The van der Waals surface area contributed by atoms with Crippen LogP contribution in [0.4, 0.5) is 0 Å². The van der Waals surface area contributed by atoms with E-state index < -0.39 is 0 Å². The smallest absolute Gasteiger partial charge is 0.160 e. The number of rotatable bonds is 5.